The first kappa shape index (κ1) is 30.1. The van der Waals surface area contributed by atoms with Gasteiger partial charge in [-0.3, -0.25) is 14.4 Å². The molecule has 1 saturated carbocycles. The maximum atomic E-state index is 15.4. The molecule has 11 heteroatoms. The third kappa shape index (κ3) is 6.89. The molecule has 0 unspecified atom stereocenters. The lowest BCUT2D eigenvalue weighted by Crippen LogP contribution is -2.39. The van der Waals surface area contributed by atoms with Crippen LogP contribution in [0, 0.1) is 18.2 Å². The number of Topliss-reactive ketones (excluding diaryl/α,β-unsaturated/α-hetero) is 1. The lowest BCUT2D eigenvalue weighted by molar-refractivity contribution is -0.147. The van der Waals surface area contributed by atoms with Gasteiger partial charge in [0.25, 0.3) is 5.91 Å². The molecule has 0 bridgehead atoms. The number of carbonyl (C=O) groups excluding carboxylic acids is 4. The van der Waals surface area contributed by atoms with Gasteiger partial charge in [0.15, 0.2) is 5.78 Å². The van der Waals surface area contributed by atoms with Crippen molar-refractivity contribution in [1.29, 1.82) is 0 Å². The van der Waals surface area contributed by atoms with Crippen LogP contribution in [0.25, 0.3) is 5.69 Å². The Labute approximate surface area is 239 Å². The number of ether oxygens (including phenoxy) is 2. The SMILES string of the molecule is Cc1cn(-c2cc(F)c(C(N)=O)c(N[C@H]3CCC[C@@H]3OC(=O)CNC(=O)OC(C)(C)C)c2)c2c1C(=O)CC(C)(C)C2. The van der Waals surface area contributed by atoms with Crippen molar-refractivity contribution in [2.24, 2.45) is 11.1 Å². The maximum absolute atomic E-state index is 15.4. The monoisotopic (exact) mass is 570 g/mol. The van der Waals surface area contributed by atoms with E-state index < -0.39 is 41.5 Å². The average molecular weight is 571 g/mol. The molecule has 41 heavy (non-hydrogen) atoms. The largest absolute Gasteiger partial charge is 0.459 e. The first-order valence-corrected chi connectivity index (χ1v) is 13.9. The van der Waals surface area contributed by atoms with E-state index in [1.54, 1.807) is 31.4 Å². The molecule has 222 valence electrons. The second kappa shape index (κ2) is 11.2. The van der Waals surface area contributed by atoms with Crippen LogP contribution in [-0.2, 0) is 20.7 Å². The number of nitrogens with two attached hydrogens (primary N) is 1. The summed E-state index contributed by atoms with van der Waals surface area (Å²) in [5.41, 5.74) is 7.18. The predicted molar refractivity (Wildman–Crippen MR) is 151 cm³/mol. The van der Waals surface area contributed by atoms with Crippen molar-refractivity contribution in [2.45, 2.75) is 91.4 Å². The Morgan fingerprint density at radius 1 is 1.17 bits per heavy atom. The number of nitrogens with one attached hydrogen (secondary N) is 2. The van der Waals surface area contributed by atoms with Crippen LogP contribution >= 0.6 is 0 Å². The number of fused-ring (bicyclic) bond motifs is 1. The zero-order valence-corrected chi connectivity index (χ0v) is 24.5. The van der Waals surface area contributed by atoms with E-state index in [1.807, 2.05) is 27.0 Å². The number of amides is 2. The summed E-state index contributed by atoms with van der Waals surface area (Å²) in [5, 5.41) is 5.57. The molecule has 0 spiro atoms. The summed E-state index contributed by atoms with van der Waals surface area (Å²) in [7, 11) is 0. The zero-order valence-electron chi connectivity index (χ0n) is 24.5. The van der Waals surface area contributed by atoms with E-state index in [0.29, 0.717) is 36.9 Å². The van der Waals surface area contributed by atoms with Gasteiger partial charge in [-0.25, -0.2) is 9.18 Å². The molecule has 2 atom stereocenters. The van der Waals surface area contributed by atoms with Crippen molar-refractivity contribution in [3.8, 4) is 5.69 Å². The van der Waals surface area contributed by atoms with Gasteiger partial charge in [0.2, 0.25) is 0 Å². The molecule has 0 saturated heterocycles. The van der Waals surface area contributed by atoms with E-state index in [1.165, 1.54) is 6.07 Å². The smallest absolute Gasteiger partial charge is 0.408 e. The number of carbonyl (C=O) groups is 4. The lowest BCUT2D eigenvalue weighted by Gasteiger charge is -2.30. The van der Waals surface area contributed by atoms with Gasteiger partial charge in [-0.1, -0.05) is 13.8 Å². The van der Waals surface area contributed by atoms with Crippen molar-refractivity contribution in [3.63, 3.8) is 0 Å². The van der Waals surface area contributed by atoms with Crippen LogP contribution in [0.4, 0.5) is 14.9 Å². The molecule has 2 aliphatic rings. The van der Waals surface area contributed by atoms with Gasteiger partial charge in [0.1, 0.15) is 24.1 Å². The molecule has 4 rings (SSSR count). The van der Waals surface area contributed by atoms with Gasteiger partial charge in [-0.2, -0.15) is 0 Å². The number of benzene rings is 1. The van der Waals surface area contributed by atoms with Crippen LogP contribution < -0.4 is 16.4 Å². The Morgan fingerprint density at radius 2 is 1.88 bits per heavy atom. The van der Waals surface area contributed by atoms with Crippen molar-refractivity contribution in [3.05, 3.63) is 46.5 Å². The molecule has 0 radical (unpaired) electrons. The van der Waals surface area contributed by atoms with Crippen molar-refractivity contribution in [2.75, 3.05) is 11.9 Å². The number of anilines is 1. The minimum Gasteiger partial charge on any atom is -0.459 e. The fraction of sp³-hybridized carbons (Fsp3) is 0.533. The average Bonchev–Trinajstić information content (AvgIpc) is 3.38. The number of aromatic nitrogens is 1. The van der Waals surface area contributed by atoms with Gasteiger partial charge < -0.3 is 30.4 Å². The number of rotatable bonds is 7. The highest BCUT2D eigenvalue weighted by Crippen LogP contribution is 2.39. The topological polar surface area (TPSA) is 142 Å². The third-order valence-electron chi connectivity index (χ3n) is 7.31. The molecular formula is C30H39FN4O6. The predicted octanol–water partition coefficient (Wildman–Crippen LogP) is 4.58. The Bertz CT molecular complexity index is 1390. The summed E-state index contributed by atoms with van der Waals surface area (Å²) in [6.07, 6.45) is 3.43. The number of hydrogen-bond donors (Lipinski definition) is 3. The quantitative estimate of drug-likeness (QED) is 0.414. The minimum absolute atomic E-state index is 0.0526. The van der Waals surface area contributed by atoms with Crippen LogP contribution in [-0.4, -0.2) is 52.6 Å². The molecule has 2 aliphatic carbocycles. The fourth-order valence-corrected chi connectivity index (χ4v) is 5.70. The Balaban J connectivity index is 1.57. The third-order valence-corrected chi connectivity index (χ3v) is 7.31. The van der Waals surface area contributed by atoms with E-state index in [0.717, 1.165) is 17.7 Å². The van der Waals surface area contributed by atoms with Gasteiger partial charge in [0.05, 0.1) is 23.0 Å². The highest BCUT2D eigenvalue weighted by molar-refractivity contribution is 6.01. The van der Waals surface area contributed by atoms with Gasteiger partial charge >= 0.3 is 12.1 Å². The Morgan fingerprint density at radius 3 is 2.54 bits per heavy atom. The van der Waals surface area contributed by atoms with Crippen molar-refractivity contribution in [1.82, 2.24) is 9.88 Å². The lowest BCUT2D eigenvalue weighted by atomic mass is 9.75. The first-order chi connectivity index (χ1) is 19.0. The summed E-state index contributed by atoms with van der Waals surface area (Å²) in [5.74, 6) is -2.33. The summed E-state index contributed by atoms with van der Waals surface area (Å²) < 4.78 is 28.0. The van der Waals surface area contributed by atoms with Crippen LogP contribution in [0.1, 0.15) is 92.3 Å². The zero-order chi connectivity index (χ0) is 30.3. The summed E-state index contributed by atoms with van der Waals surface area (Å²) in [6, 6.07) is 2.45. The molecular weight excluding hydrogens is 531 g/mol. The standard InChI is InChI=1S/C30H39FN4O6/c1-16-15-35(21-12-30(5,6)13-22(36)25(16)21)17-10-18(31)26(27(32)38)20(11-17)34-19-8-7-9-23(19)40-24(37)14-33-28(39)41-29(2,3)4/h10-11,15,19,23,34H,7-9,12-14H2,1-6H3,(H2,32,38)(H,33,39)/t19-,23-/m0/s1. The molecule has 2 amide bonds. The van der Waals surface area contributed by atoms with Gasteiger partial charge in [-0.15, -0.1) is 0 Å². The van der Waals surface area contributed by atoms with Crippen LogP contribution in [0.2, 0.25) is 0 Å². The van der Waals surface area contributed by atoms with Gasteiger partial charge in [0, 0.05) is 23.9 Å². The molecule has 1 heterocycles. The van der Waals surface area contributed by atoms with E-state index in [2.05, 4.69) is 10.6 Å². The van der Waals surface area contributed by atoms with Crippen molar-refractivity contribution < 1.29 is 33.0 Å². The van der Waals surface area contributed by atoms with Crippen LogP contribution in [0.5, 0.6) is 0 Å². The minimum atomic E-state index is -0.938. The van der Waals surface area contributed by atoms with E-state index in [9.17, 15) is 19.2 Å². The molecule has 0 aliphatic heterocycles. The fourth-order valence-electron chi connectivity index (χ4n) is 5.70. The molecule has 2 aromatic rings. The number of ketones is 1. The summed E-state index contributed by atoms with van der Waals surface area (Å²) in [4.78, 5) is 49.5. The maximum Gasteiger partial charge on any atom is 0.408 e. The van der Waals surface area contributed by atoms with E-state index >= 15 is 4.39 Å². The highest BCUT2D eigenvalue weighted by Gasteiger charge is 2.36. The van der Waals surface area contributed by atoms with E-state index in [4.69, 9.17) is 15.2 Å². The number of aryl methyl sites for hydroxylation is 1. The molecule has 1 fully saturated rings. The second-order valence-corrected chi connectivity index (χ2v) is 12.7. The molecule has 1 aromatic heterocycles. The number of nitrogens with zero attached hydrogens (tertiary/aromatic N) is 1. The summed E-state index contributed by atoms with van der Waals surface area (Å²) in [6.45, 7) is 10.7. The Kier molecular flexibility index (Phi) is 8.20. The normalized spacial score (nSPS) is 19.8. The number of esters is 1. The van der Waals surface area contributed by atoms with Crippen LogP contribution in [0.15, 0.2) is 18.3 Å². The molecule has 1 aromatic carbocycles. The number of hydrogen-bond acceptors (Lipinski definition) is 7. The first-order valence-electron chi connectivity index (χ1n) is 13.9. The number of alkyl carbamates (subject to hydrolysis) is 1. The van der Waals surface area contributed by atoms with Gasteiger partial charge in [-0.05, 0) is 76.5 Å². The summed E-state index contributed by atoms with van der Waals surface area (Å²) >= 11 is 0. The highest BCUT2D eigenvalue weighted by atomic mass is 19.1. The molecule has 10 nitrogen and oxygen atoms in total. The number of halogens is 1. The Hall–Kier alpha value is -3.89. The van der Waals surface area contributed by atoms with Crippen LogP contribution in [0.3, 0.4) is 0 Å². The van der Waals surface area contributed by atoms with Crippen molar-refractivity contribution >= 4 is 29.4 Å². The van der Waals surface area contributed by atoms with E-state index in [-0.39, 0.29) is 29.0 Å². The number of primary amides is 1. The second-order valence-electron chi connectivity index (χ2n) is 12.7. The molecule has 4 N–H and O–H groups in total.